The quantitative estimate of drug-likeness (QED) is 0.221. The molecule has 0 aliphatic carbocycles. The maximum absolute atomic E-state index is 13.7. The van der Waals surface area contributed by atoms with Crippen LogP contribution in [-0.2, 0) is 6.18 Å². The Morgan fingerprint density at radius 2 is 1.82 bits per heavy atom. The van der Waals surface area contributed by atoms with Gasteiger partial charge >= 0.3 is 6.18 Å². The number of anilines is 2. The number of carbonyl (C=O) groups is 1. The van der Waals surface area contributed by atoms with Gasteiger partial charge in [0.15, 0.2) is 5.82 Å². The van der Waals surface area contributed by atoms with Crippen molar-refractivity contribution in [2.45, 2.75) is 32.9 Å². The van der Waals surface area contributed by atoms with Crippen LogP contribution in [-0.4, -0.2) is 63.8 Å². The predicted molar refractivity (Wildman–Crippen MR) is 164 cm³/mol. The third-order valence-electron chi connectivity index (χ3n) is 7.33. The lowest BCUT2D eigenvalue weighted by atomic mass is 10.0. The molecule has 5 rings (SSSR count). The molecule has 1 aliphatic heterocycles. The van der Waals surface area contributed by atoms with Gasteiger partial charge in [0.25, 0.3) is 5.91 Å². The average Bonchev–Trinajstić information content (AvgIpc) is 3.65. The molecule has 0 unspecified atom stereocenters. The van der Waals surface area contributed by atoms with Crippen molar-refractivity contribution in [2.75, 3.05) is 43.9 Å². The van der Waals surface area contributed by atoms with E-state index in [1.165, 1.54) is 12.4 Å². The standard InChI is InChI=1S/C32H34F3N7O2/c1-21-6-7-24(15-23(21)8-9-27-14-22(2)40-42(27)30-19-29(36-3)37-20-38-30)31(43)39-26-16-25(32(33,34)35)17-28(18-26)44-13-12-41-10-4-5-11-41/h6-9,14-20H,4-5,10-13H2,1-3H3,(H,39,43)(H,36,37,38)/b9-8-. The summed E-state index contributed by atoms with van der Waals surface area (Å²) in [6, 6.07) is 12.1. The zero-order valence-electron chi connectivity index (χ0n) is 24.8. The van der Waals surface area contributed by atoms with Crippen LogP contribution in [0.4, 0.5) is 24.7 Å². The first-order valence-electron chi connectivity index (χ1n) is 14.3. The van der Waals surface area contributed by atoms with Crippen molar-refractivity contribution >= 4 is 29.6 Å². The first-order chi connectivity index (χ1) is 21.1. The maximum Gasteiger partial charge on any atom is 0.416 e. The van der Waals surface area contributed by atoms with Crippen molar-refractivity contribution in [3.05, 3.63) is 88.5 Å². The molecular formula is C32H34F3N7O2. The summed E-state index contributed by atoms with van der Waals surface area (Å²) in [4.78, 5) is 23.9. The smallest absolute Gasteiger partial charge is 0.416 e. The fourth-order valence-electron chi connectivity index (χ4n) is 4.98. The van der Waals surface area contributed by atoms with Crippen molar-refractivity contribution < 1.29 is 22.7 Å². The SMILES string of the molecule is CNc1cc(-n2nc(C)cc2/C=C\c2cc(C(=O)Nc3cc(OCCN4CCCC4)cc(C(F)(F)F)c3)ccc2C)ncn1. The first-order valence-corrected chi connectivity index (χ1v) is 14.3. The molecule has 230 valence electrons. The van der Waals surface area contributed by atoms with Crippen molar-refractivity contribution in [3.63, 3.8) is 0 Å². The molecule has 12 heteroatoms. The van der Waals surface area contributed by atoms with Crippen LogP contribution in [0.5, 0.6) is 5.75 Å². The molecule has 0 saturated carbocycles. The number of ether oxygens (including phenoxy) is 1. The topological polar surface area (TPSA) is 97.2 Å². The molecule has 9 nitrogen and oxygen atoms in total. The number of nitrogens with zero attached hydrogens (tertiary/aromatic N) is 5. The Balaban J connectivity index is 1.34. The lowest BCUT2D eigenvalue weighted by molar-refractivity contribution is -0.137. The average molecular weight is 606 g/mol. The van der Waals surface area contributed by atoms with Gasteiger partial charge in [0.05, 0.1) is 17.0 Å². The number of carbonyl (C=O) groups excluding carboxylic acids is 1. The highest BCUT2D eigenvalue weighted by atomic mass is 19.4. The highest BCUT2D eigenvalue weighted by Crippen LogP contribution is 2.34. The Morgan fingerprint density at radius 3 is 2.57 bits per heavy atom. The van der Waals surface area contributed by atoms with Crippen LogP contribution in [0.15, 0.2) is 54.9 Å². The number of nitrogens with one attached hydrogen (secondary N) is 2. The van der Waals surface area contributed by atoms with Crippen molar-refractivity contribution in [3.8, 4) is 11.6 Å². The second-order valence-corrected chi connectivity index (χ2v) is 10.6. The maximum atomic E-state index is 13.7. The number of hydrogen-bond donors (Lipinski definition) is 2. The van der Waals surface area contributed by atoms with Crippen molar-refractivity contribution in [1.29, 1.82) is 0 Å². The molecule has 1 saturated heterocycles. The van der Waals surface area contributed by atoms with E-state index >= 15 is 0 Å². The molecular weight excluding hydrogens is 571 g/mol. The summed E-state index contributed by atoms with van der Waals surface area (Å²) in [5, 5.41) is 10.1. The summed E-state index contributed by atoms with van der Waals surface area (Å²) in [6.45, 7) is 6.60. The minimum Gasteiger partial charge on any atom is -0.492 e. The van der Waals surface area contributed by atoms with Crippen LogP contribution in [0.2, 0.25) is 0 Å². The van der Waals surface area contributed by atoms with Gasteiger partial charge in [0.1, 0.15) is 24.5 Å². The van der Waals surface area contributed by atoms with Gasteiger partial charge < -0.3 is 15.4 Å². The number of hydrogen-bond acceptors (Lipinski definition) is 7. The van der Waals surface area contributed by atoms with Crippen LogP contribution in [0.3, 0.4) is 0 Å². The van der Waals surface area contributed by atoms with Gasteiger partial charge in [-0.05, 0) is 87.3 Å². The number of rotatable bonds is 10. The fourth-order valence-corrected chi connectivity index (χ4v) is 4.98. The van der Waals surface area contributed by atoms with Gasteiger partial charge in [-0.3, -0.25) is 9.69 Å². The zero-order valence-corrected chi connectivity index (χ0v) is 24.8. The van der Waals surface area contributed by atoms with E-state index in [-0.39, 0.29) is 18.0 Å². The van der Waals surface area contributed by atoms with E-state index in [0.717, 1.165) is 60.6 Å². The summed E-state index contributed by atoms with van der Waals surface area (Å²) in [5.41, 5.74) is 2.63. The molecule has 4 aromatic rings. The molecule has 0 radical (unpaired) electrons. The summed E-state index contributed by atoms with van der Waals surface area (Å²) in [5.74, 6) is 0.749. The van der Waals surface area contributed by atoms with Gasteiger partial charge in [-0.1, -0.05) is 12.1 Å². The van der Waals surface area contributed by atoms with E-state index in [1.54, 1.807) is 36.0 Å². The third kappa shape index (κ3) is 7.62. The van der Waals surface area contributed by atoms with Gasteiger partial charge in [-0.15, -0.1) is 0 Å². The molecule has 1 aliphatic rings. The third-order valence-corrected chi connectivity index (χ3v) is 7.33. The molecule has 2 aromatic carbocycles. The number of amides is 1. The Labute approximate surface area is 253 Å². The van der Waals surface area contributed by atoms with Crippen LogP contribution >= 0.6 is 0 Å². The first kappa shape index (κ1) is 30.7. The largest absolute Gasteiger partial charge is 0.492 e. The summed E-state index contributed by atoms with van der Waals surface area (Å²) < 4.78 is 48.4. The number of aromatic nitrogens is 4. The Bertz CT molecular complexity index is 1660. The van der Waals surface area contributed by atoms with E-state index in [4.69, 9.17) is 4.74 Å². The fraction of sp³-hybridized carbons (Fsp3) is 0.312. The molecule has 1 fully saturated rings. The Morgan fingerprint density at radius 1 is 1.02 bits per heavy atom. The second-order valence-electron chi connectivity index (χ2n) is 10.6. The Hall–Kier alpha value is -4.71. The monoisotopic (exact) mass is 605 g/mol. The molecule has 0 bridgehead atoms. The molecule has 44 heavy (non-hydrogen) atoms. The second kappa shape index (κ2) is 13.3. The van der Waals surface area contributed by atoms with Gasteiger partial charge in [0, 0.05) is 37.0 Å². The van der Waals surface area contributed by atoms with Crippen LogP contribution in [0, 0.1) is 13.8 Å². The highest BCUT2D eigenvalue weighted by Gasteiger charge is 2.32. The lowest BCUT2D eigenvalue weighted by Gasteiger charge is -2.17. The number of halogens is 3. The molecule has 0 spiro atoms. The van der Waals surface area contributed by atoms with Gasteiger partial charge in [-0.2, -0.15) is 18.3 Å². The summed E-state index contributed by atoms with van der Waals surface area (Å²) in [6.07, 6.45) is 2.80. The van der Waals surface area contributed by atoms with E-state index < -0.39 is 17.6 Å². The van der Waals surface area contributed by atoms with Crippen LogP contribution < -0.4 is 15.4 Å². The predicted octanol–water partition coefficient (Wildman–Crippen LogP) is 6.24. The van der Waals surface area contributed by atoms with Crippen LogP contribution in [0.1, 0.15) is 51.3 Å². The van der Waals surface area contributed by atoms with E-state index in [9.17, 15) is 18.0 Å². The summed E-state index contributed by atoms with van der Waals surface area (Å²) in [7, 11) is 1.77. The van der Waals surface area contributed by atoms with E-state index in [0.29, 0.717) is 23.7 Å². The molecule has 0 atom stereocenters. The van der Waals surface area contributed by atoms with Crippen molar-refractivity contribution in [1.82, 2.24) is 24.6 Å². The molecule has 1 amide bonds. The Kier molecular flexibility index (Phi) is 9.29. The van der Waals surface area contributed by atoms with Crippen molar-refractivity contribution in [2.24, 2.45) is 0 Å². The van der Waals surface area contributed by atoms with Crippen LogP contribution in [0.25, 0.3) is 18.0 Å². The van der Waals surface area contributed by atoms with Gasteiger partial charge in [-0.25, -0.2) is 14.6 Å². The number of benzene rings is 2. The lowest BCUT2D eigenvalue weighted by Crippen LogP contribution is -2.25. The van der Waals surface area contributed by atoms with E-state index in [1.807, 2.05) is 32.1 Å². The number of alkyl halides is 3. The molecule has 2 N–H and O–H groups in total. The minimum atomic E-state index is -4.60. The highest BCUT2D eigenvalue weighted by molar-refractivity contribution is 6.05. The summed E-state index contributed by atoms with van der Waals surface area (Å²) >= 11 is 0. The molecule has 3 heterocycles. The number of aryl methyl sites for hydroxylation is 2. The van der Waals surface area contributed by atoms with Gasteiger partial charge in [0.2, 0.25) is 0 Å². The normalized spacial score (nSPS) is 13.9. The number of likely N-dealkylation sites (tertiary alicyclic amines) is 1. The zero-order chi connectivity index (χ0) is 31.3. The van der Waals surface area contributed by atoms with E-state index in [2.05, 4.69) is 30.6 Å². The molecule has 2 aromatic heterocycles. The minimum absolute atomic E-state index is 0.00355.